The molecule has 9 heteroatoms. The summed E-state index contributed by atoms with van der Waals surface area (Å²) in [5.41, 5.74) is 0.971. The van der Waals surface area contributed by atoms with E-state index in [1.54, 1.807) is 60.8 Å². The van der Waals surface area contributed by atoms with Gasteiger partial charge in [-0.3, -0.25) is 14.0 Å². The Bertz CT molecular complexity index is 1460. The van der Waals surface area contributed by atoms with E-state index in [1.165, 1.54) is 13.1 Å². The molecular weight excluding hydrogens is 480 g/mol. The third-order valence-corrected chi connectivity index (χ3v) is 6.43. The number of carbonyl (C=O) groups excluding carboxylic acids is 2. The van der Waals surface area contributed by atoms with Crippen LogP contribution in [-0.2, 0) is 12.0 Å². The lowest BCUT2D eigenvalue weighted by molar-refractivity contribution is 0.0912. The summed E-state index contributed by atoms with van der Waals surface area (Å²) >= 11 is 0. The number of benzene rings is 2. The highest BCUT2D eigenvalue weighted by atomic mass is 19.1. The molecule has 0 saturated heterocycles. The average molecular weight is 508 g/mol. The lowest BCUT2D eigenvalue weighted by Gasteiger charge is -2.27. The highest BCUT2D eigenvalue weighted by molar-refractivity contribution is 5.98. The van der Waals surface area contributed by atoms with Crippen molar-refractivity contribution in [3.05, 3.63) is 101 Å². The molecule has 0 unspecified atom stereocenters. The van der Waals surface area contributed by atoms with Crippen LogP contribution in [0.1, 0.15) is 51.0 Å². The molecule has 7 nitrogen and oxygen atoms in total. The first-order valence-corrected chi connectivity index (χ1v) is 11.7. The minimum Gasteiger partial charge on any atom is -0.485 e. The second-order valence-electron chi connectivity index (χ2n) is 9.08. The summed E-state index contributed by atoms with van der Waals surface area (Å²) in [6, 6.07) is 13.6. The molecular formula is C28H27F2N3O4. The number of aromatic nitrogens is 2. The first kappa shape index (κ1) is 26.0. The fourth-order valence-corrected chi connectivity index (χ4v) is 4.29. The molecule has 0 bridgehead atoms. The summed E-state index contributed by atoms with van der Waals surface area (Å²) in [5, 5.41) is 12.8. The Labute approximate surface area is 212 Å². The largest absolute Gasteiger partial charge is 0.485 e. The van der Waals surface area contributed by atoms with Crippen molar-refractivity contribution in [2.24, 2.45) is 0 Å². The Kier molecular flexibility index (Phi) is 7.35. The number of pyridine rings is 1. The molecule has 2 aromatic heterocycles. The number of nitrogens with zero attached hydrogens (tertiary/aromatic N) is 2. The van der Waals surface area contributed by atoms with Crippen molar-refractivity contribution in [3.63, 3.8) is 0 Å². The maximum absolute atomic E-state index is 14.0. The molecule has 1 atom stereocenters. The number of hydrogen-bond acceptors (Lipinski definition) is 5. The number of amides is 1. The van der Waals surface area contributed by atoms with Crippen LogP contribution >= 0.6 is 0 Å². The zero-order chi connectivity index (χ0) is 26.7. The van der Waals surface area contributed by atoms with E-state index in [1.807, 2.05) is 0 Å². The topological polar surface area (TPSA) is 92.9 Å². The fourth-order valence-electron chi connectivity index (χ4n) is 4.29. The number of imidazole rings is 1. The maximum Gasteiger partial charge on any atom is 0.251 e. The van der Waals surface area contributed by atoms with Crippen molar-refractivity contribution in [2.45, 2.75) is 32.3 Å². The van der Waals surface area contributed by atoms with Crippen molar-refractivity contribution >= 4 is 17.3 Å². The van der Waals surface area contributed by atoms with Gasteiger partial charge in [0, 0.05) is 30.6 Å². The molecule has 37 heavy (non-hydrogen) atoms. The summed E-state index contributed by atoms with van der Waals surface area (Å²) in [5.74, 6) is -1.72. The van der Waals surface area contributed by atoms with Crippen LogP contribution in [0.25, 0.3) is 5.65 Å². The van der Waals surface area contributed by atoms with Crippen molar-refractivity contribution in [1.29, 1.82) is 0 Å². The number of aryl methyl sites for hydroxylation is 1. The average Bonchev–Trinajstić information content (AvgIpc) is 3.24. The molecule has 192 valence electrons. The molecule has 0 aliphatic heterocycles. The van der Waals surface area contributed by atoms with E-state index in [4.69, 9.17) is 4.74 Å². The van der Waals surface area contributed by atoms with Gasteiger partial charge in [0.15, 0.2) is 17.2 Å². The van der Waals surface area contributed by atoms with Crippen molar-refractivity contribution in [3.8, 4) is 5.75 Å². The van der Waals surface area contributed by atoms with Gasteiger partial charge in [-0.05, 0) is 48.9 Å². The van der Waals surface area contributed by atoms with Gasteiger partial charge in [-0.2, -0.15) is 0 Å². The second-order valence-corrected chi connectivity index (χ2v) is 9.08. The Morgan fingerprint density at radius 2 is 1.81 bits per heavy atom. The molecule has 2 aromatic carbocycles. The molecule has 4 aromatic rings. The van der Waals surface area contributed by atoms with Crippen molar-refractivity contribution in [1.82, 2.24) is 14.7 Å². The second kappa shape index (κ2) is 10.5. The number of aliphatic hydroxyl groups excluding tert-OH is 1. The molecule has 0 spiro atoms. The van der Waals surface area contributed by atoms with Gasteiger partial charge < -0.3 is 15.2 Å². The Balaban J connectivity index is 1.64. The number of halogens is 2. The van der Waals surface area contributed by atoms with E-state index in [9.17, 15) is 23.5 Å². The Morgan fingerprint density at radius 1 is 1.11 bits per heavy atom. The molecule has 1 amide bonds. The first-order chi connectivity index (χ1) is 17.7. The smallest absolute Gasteiger partial charge is 0.251 e. The molecule has 2 N–H and O–H groups in total. The number of ether oxygens (including phenoxy) is 1. The summed E-state index contributed by atoms with van der Waals surface area (Å²) in [4.78, 5) is 30.1. The van der Waals surface area contributed by atoms with E-state index in [0.29, 0.717) is 28.2 Å². The first-order valence-electron chi connectivity index (χ1n) is 11.7. The van der Waals surface area contributed by atoms with E-state index < -0.39 is 17.0 Å². The Hall–Kier alpha value is -4.11. The van der Waals surface area contributed by atoms with Crippen LogP contribution in [0.2, 0.25) is 0 Å². The van der Waals surface area contributed by atoms with Gasteiger partial charge in [-0.15, -0.1) is 0 Å². The van der Waals surface area contributed by atoms with E-state index >= 15 is 0 Å². The Morgan fingerprint density at radius 3 is 2.49 bits per heavy atom. The summed E-state index contributed by atoms with van der Waals surface area (Å²) in [7, 11) is 1.53. The van der Waals surface area contributed by atoms with Gasteiger partial charge in [0.05, 0.1) is 17.9 Å². The summed E-state index contributed by atoms with van der Waals surface area (Å²) in [6.07, 6.45) is 1.60. The molecule has 0 aliphatic rings. The van der Waals surface area contributed by atoms with E-state index in [0.717, 1.165) is 12.1 Å². The maximum atomic E-state index is 14.0. The third kappa shape index (κ3) is 5.08. The number of aliphatic hydroxyl groups is 1. The zero-order valence-electron chi connectivity index (χ0n) is 20.7. The predicted molar refractivity (Wildman–Crippen MR) is 134 cm³/mol. The quantitative estimate of drug-likeness (QED) is 0.328. The molecule has 0 fully saturated rings. The van der Waals surface area contributed by atoms with E-state index in [2.05, 4.69) is 10.3 Å². The number of nitrogens with one attached hydrogen (secondary N) is 1. The number of rotatable bonds is 9. The van der Waals surface area contributed by atoms with Gasteiger partial charge in [0.1, 0.15) is 23.9 Å². The minimum absolute atomic E-state index is 0.0547. The molecule has 0 radical (unpaired) electrons. The highest BCUT2D eigenvalue weighted by Crippen LogP contribution is 2.31. The van der Waals surface area contributed by atoms with Crippen molar-refractivity contribution in [2.75, 3.05) is 13.7 Å². The molecule has 0 saturated carbocycles. The van der Waals surface area contributed by atoms with Crippen LogP contribution in [-0.4, -0.2) is 39.8 Å². The lowest BCUT2D eigenvalue weighted by Crippen LogP contribution is -2.31. The van der Waals surface area contributed by atoms with Crippen LogP contribution in [0.4, 0.5) is 8.78 Å². The number of carbonyl (C=O) groups is 2. The number of ketones is 1. The fraction of sp³-hybridized carbons (Fsp3) is 0.250. The molecule has 4 rings (SSSR count). The predicted octanol–water partition coefficient (Wildman–Crippen LogP) is 4.38. The standard InChI is InChI=1S/C28H27F2N3O4/c1-17-25(23(35)14-28(2,16-34)19-8-4-7-18(13-19)27(36)31-3)33-12-6-11-24(26(33)32-17)37-15-20-21(29)9-5-10-22(20)30/h4-13,34H,14-16H2,1-3H3,(H,31,36)/t28-/m0/s1. The van der Waals surface area contributed by atoms with Gasteiger partial charge in [-0.25, -0.2) is 13.8 Å². The van der Waals surface area contributed by atoms with E-state index in [-0.39, 0.29) is 42.6 Å². The molecule has 2 heterocycles. The SMILES string of the molecule is CNC(=O)c1cccc([C@](C)(CO)CC(=O)c2c(C)nc3c(OCc4c(F)cccc4F)cccn23)c1. The van der Waals surface area contributed by atoms with Gasteiger partial charge in [-0.1, -0.05) is 25.1 Å². The van der Waals surface area contributed by atoms with Crippen LogP contribution < -0.4 is 10.1 Å². The third-order valence-electron chi connectivity index (χ3n) is 6.43. The minimum atomic E-state index is -0.964. The summed E-state index contributed by atoms with van der Waals surface area (Å²) in [6.45, 7) is 2.76. The van der Waals surface area contributed by atoms with Crippen LogP contribution in [0, 0.1) is 18.6 Å². The number of fused-ring (bicyclic) bond motifs is 1. The van der Waals surface area contributed by atoms with Crippen LogP contribution in [0.3, 0.4) is 0 Å². The lowest BCUT2D eigenvalue weighted by atomic mass is 9.78. The van der Waals surface area contributed by atoms with Gasteiger partial charge in [0.2, 0.25) is 0 Å². The molecule has 0 aliphatic carbocycles. The van der Waals surface area contributed by atoms with Gasteiger partial charge in [0.25, 0.3) is 5.91 Å². The van der Waals surface area contributed by atoms with Crippen LogP contribution in [0.15, 0.2) is 60.8 Å². The van der Waals surface area contributed by atoms with Crippen LogP contribution in [0.5, 0.6) is 5.75 Å². The summed E-state index contributed by atoms with van der Waals surface area (Å²) < 4.78 is 35.3. The monoisotopic (exact) mass is 507 g/mol. The highest BCUT2D eigenvalue weighted by Gasteiger charge is 2.32. The number of Topliss-reactive ketones (excluding diaryl/α,β-unsaturated/α-hetero) is 1. The number of hydrogen-bond donors (Lipinski definition) is 2. The normalized spacial score (nSPS) is 12.8. The zero-order valence-corrected chi connectivity index (χ0v) is 20.7. The van der Waals surface area contributed by atoms with Gasteiger partial charge >= 0.3 is 0 Å². The van der Waals surface area contributed by atoms with Crippen molar-refractivity contribution < 1.29 is 28.2 Å².